The van der Waals surface area contributed by atoms with Gasteiger partial charge in [-0.25, -0.2) is 14.8 Å². The summed E-state index contributed by atoms with van der Waals surface area (Å²) in [5.74, 6) is 0.347. The number of nitrogens with zero attached hydrogens (tertiary/aromatic N) is 4. The molecule has 5 aromatic rings. The number of ether oxygens (including phenoxy) is 2. The maximum absolute atomic E-state index is 11.5. The summed E-state index contributed by atoms with van der Waals surface area (Å²) in [5, 5.41) is 29.9. The zero-order valence-electron chi connectivity index (χ0n) is 25.1. The number of aliphatic hydroxyl groups excluding tert-OH is 1. The Morgan fingerprint density at radius 2 is 1.84 bits per heavy atom. The molecule has 2 N–H and O–H groups in total. The molecule has 0 aliphatic carbocycles. The van der Waals surface area contributed by atoms with E-state index in [9.17, 15) is 20.3 Å². The minimum absolute atomic E-state index is 0.224. The number of hydrogen-bond donors (Lipinski definition) is 2. The van der Waals surface area contributed by atoms with E-state index in [1.165, 1.54) is 6.42 Å². The van der Waals surface area contributed by atoms with Crippen LogP contribution >= 0.6 is 0 Å². The van der Waals surface area contributed by atoms with E-state index in [0.29, 0.717) is 43.7 Å². The minimum Gasteiger partial charge on any atom is -0.478 e. The van der Waals surface area contributed by atoms with Crippen molar-refractivity contribution >= 4 is 17.0 Å². The van der Waals surface area contributed by atoms with Crippen molar-refractivity contribution in [2.75, 3.05) is 13.2 Å². The number of pyridine rings is 1. The Balaban J connectivity index is 0.000000828. The first kappa shape index (κ1) is 30.0. The minimum atomic E-state index is -0.972. The fourth-order valence-corrected chi connectivity index (χ4v) is 5.55. The molecule has 0 saturated carbocycles. The fourth-order valence-electron chi connectivity index (χ4n) is 5.55. The van der Waals surface area contributed by atoms with E-state index in [1.54, 1.807) is 24.3 Å². The maximum Gasteiger partial charge on any atom is 0.335 e. The van der Waals surface area contributed by atoms with Crippen molar-refractivity contribution in [3.63, 3.8) is 0 Å². The van der Waals surface area contributed by atoms with E-state index in [0.717, 1.165) is 63.6 Å². The van der Waals surface area contributed by atoms with E-state index in [2.05, 4.69) is 18.2 Å². The molecule has 9 heteroatoms. The smallest absolute Gasteiger partial charge is 0.335 e. The summed E-state index contributed by atoms with van der Waals surface area (Å²) in [7, 11) is 1.90. The van der Waals surface area contributed by atoms with Crippen molar-refractivity contribution in [1.29, 1.82) is 5.26 Å². The zero-order chi connectivity index (χ0) is 31.3. The molecule has 45 heavy (non-hydrogen) atoms. The molecule has 9 nitrogen and oxygen atoms in total. The standard InChI is InChI=1S/C33H28N4O4.C3H6O/c1-37-30-16-24(33(39)40)10-12-29(30)35-31(37)17-22-7-8-23-14-21(22)9-11-27(38)15-26-13-20(18-34)5-6-25(26)19-41-32-4-2-3-28(23)36-32;1-2-4-3-1/h2-8,10,12-14,16,27,38H,9,11,15,17,19H2,1H3,(H,39,40);1-3H2. The number of nitriles is 1. The molecular formula is C36H34N4O5. The molecule has 228 valence electrons. The SMILES string of the molecule is C1COC1.Cn1c(Cc2ccc3cc2CCC(O)Cc2cc(C#N)ccc2COc2cccc-3n2)nc2ccc(C(=O)O)cc21. The Bertz CT molecular complexity index is 1900. The topological polar surface area (TPSA) is 130 Å². The third-order valence-electron chi connectivity index (χ3n) is 8.29. The van der Waals surface area contributed by atoms with Crippen molar-refractivity contribution in [1.82, 2.24) is 14.5 Å². The van der Waals surface area contributed by atoms with Crippen LogP contribution in [0.3, 0.4) is 0 Å². The van der Waals surface area contributed by atoms with Crippen LogP contribution < -0.4 is 4.74 Å². The Morgan fingerprint density at radius 1 is 1.02 bits per heavy atom. The first-order valence-electron chi connectivity index (χ1n) is 15.1. The van der Waals surface area contributed by atoms with Gasteiger partial charge in [0, 0.05) is 38.3 Å². The number of aromatic carboxylic acids is 1. The van der Waals surface area contributed by atoms with Gasteiger partial charge in [0.25, 0.3) is 0 Å². The summed E-state index contributed by atoms with van der Waals surface area (Å²) in [4.78, 5) is 21.0. The average Bonchev–Trinajstić information content (AvgIpc) is 3.32. The predicted molar refractivity (Wildman–Crippen MR) is 169 cm³/mol. The van der Waals surface area contributed by atoms with Crippen LogP contribution in [-0.2, 0) is 37.7 Å². The van der Waals surface area contributed by atoms with Gasteiger partial charge in [-0.15, -0.1) is 0 Å². The van der Waals surface area contributed by atoms with Crippen LogP contribution in [0.4, 0.5) is 0 Å². The summed E-state index contributed by atoms with van der Waals surface area (Å²) in [6.07, 6.45) is 2.80. The molecule has 0 radical (unpaired) electrons. The van der Waals surface area contributed by atoms with Gasteiger partial charge in [0.2, 0.25) is 5.88 Å². The van der Waals surface area contributed by atoms with Crippen LogP contribution in [0.15, 0.2) is 72.8 Å². The van der Waals surface area contributed by atoms with Crippen molar-refractivity contribution in [3.8, 4) is 23.2 Å². The zero-order valence-corrected chi connectivity index (χ0v) is 25.1. The highest BCUT2D eigenvalue weighted by atomic mass is 16.5. The molecule has 1 saturated heterocycles. The van der Waals surface area contributed by atoms with Gasteiger partial charge in [-0.1, -0.05) is 24.3 Å². The highest BCUT2D eigenvalue weighted by Crippen LogP contribution is 2.28. The Kier molecular flexibility index (Phi) is 8.87. The summed E-state index contributed by atoms with van der Waals surface area (Å²) in [6, 6.07) is 24.5. The number of hydrogen-bond acceptors (Lipinski definition) is 7. The number of fused-ring (bicyclic) bond motifs is 7. The third-order valence-corrected chi connectivity index (χ3v) is 8.29. The first-order chi connectivity index (χ1) is 21.9. The number of carboxylic acids is 1. The van der Waals surface area contributed by atoms with Crippen molar-refractivity contribution in [2.24, 2.45) is 7.05 Å². The van der Waals surface area contributed by atoms with Gasteiger partial charge < -0.3 is 24.3 Å². The lowest BCUT2D eigenvalue weighted by Crippen LogP contribution is -2.15. The quantitative estimate of drug-likeness (QED) is 0.272. The summed E-state index contributed by atoms with van der Waals surface area (Å²) in [5.41, 5.74) is 7.98. The van der Waals surface area contributed by atoms with Crippen LogP contribution in [0.2, 0.25) is 0 Å². The van der Waals surface area contributed by atoms with Crippen LogP contribution in [-0.4, -0.2) is 50.0 Å². The van der Waals surface area contributed by atoms with Crippen LogP contribution in [0, 0.1) is 11.3 Å². The summed E-state index contributed by atoms with van der Waals surface area (Å²) in [6.45, 7) is 2.29. The Labute approximate surface area is 261 Å². The molecule has 1 fully saturated rings. The lowest BCUT2D eigenvalue weighted by atomic mass is 9.93. The molecule has 1 unspecified atom stereocenters. The molecule has 0 spiro atoms. The molecule has 4 bridgehead atoms. The molecule has 0 amide bonds. The van der Waals surface area contributed by atoms with E-state index >= 15 is 0 Å². The number of rotatable bonds is 3. The van der Waals surface area contributed by atoms with Crippen molar-refractivity contribution < 1.29 is 24.5 Å². The summed E-state index contributed by atoms with van der Waals surface area (Å²) < 4.78 is 12.7. The Hall–Kier alpha value is -5.04. The predicted octanol–water partition coefficient (Wildman–Crippen LogP) is 5.63. The number of aliphatic hydroxyl groups is 1. The molecule has 2 aliphatic heterocycles. The lowest BCUT2D eigenvalue weighted by Gasteiger charge is -2.18. The van der Waals surface area contributed by atoms with Gasteiger partial charge in [0.1, 0.15) is 12.4 Å². The second-order valence-corrected chi connectivity index (χ2v) is 11.4. The second kappa shape index (κ2) is 13.3. The number of aromatic nitrogens is 3. The normalized spacial score (nSPS) is 15.7. The largest absolute Gasteiger partial charge is 0.478 e. The number of benzene rings is 3. The third kappa shape index (κ3) is 6.88. The number of aryl methyl sites for hydroxylation is 2. The monoisotopic (exact) mass is 602 g/mol. The highest BCUT2D eigenvalue weighted by Gasteiger charge is 2.17. The molecular weight excluding hydrogens is 568 g/mol. The summed E-state index contributed by atoms with van der Waals surface area (Å²) >= 11 is 0. The van der Waals surface area contributed by atoms with Gasteiger partial charge in [0.15, 0.2) is 0 Å². The van der Waals surface area contributed by atoms with Crippen molar-refractivity contribution in [3.05, 3.63) is 112 Å². The van der Waals surface area contributed by atoms with E-state index in [1.807, 2.05) is 48.0 Å². The van der Waals surface area contributed by atoms with Gasteiger partial charge in [-0.3, -0.25) is 0 Å². The van der Waals surface area contributed by atoms with E-state index < -0.39 is 12.1 Å². The van der Waals surface area contributed by atoms with Crippen LogP contribution in [0.1, 0.15) is 56.8 Å². The molecule has 2 aromatic heterocycles. The number of carboxylic acid groups (broad SMARTS) is 1. The lowest BCUT2D eigenvalue weighted by molar-refractivity contribution is 0.0367. The molecule has 4 heterocycles. The van der Waals surface area contributed by atoms with Crippen LogP contribution in [0.25, 0.3) is 22.3 Å². The number of carbonyl (C=O) groups is 1. The van der Waals surface area contributed by atoms with Gasteiger partial charge >= 0.3 is 5.97 Å². The second-order valence-electron chi connectivity index (χ2n) is 11.4. The van der Waals surface area contributed by atoms with E-state index in [-0.39, 0.29) is 5.56 Å². The van der Waals surface area contributed by atoms with Gasteiger partial charge in [-0.05, 0) is 90.4 Å². The molecule has 1 atom stereocenters. The molecule has 2 aliphatic rings. The first-order valence-corrected chi connectivity index (χ1v) is 15.1. The fraction of sp³-hybridized carbons (Fsp3) is 0.278. The Morgan fingerprint density at radius 3 is 2.60 bits per heavy atom. The molecule has 7 rings (SSSR count). The molecule has 3 aromatic carbocycles. The van der Waals surface area contributed by atoms with E-state index in [4.69, 9.17) is 19.4 Å². The van der Waals surface area contributed by atoms with Gasteiger partial charge in [-0.2, -0.15) is 5.26 Å². The van der Waals surface area contributed by atoms with Gasteiger partial charge in [0.05, 0.1) is 40.0 Å². The highest BCUT2D eigenvalue weighted by molar-refractivity contribution is 5.92. The maximum atomic E-state index is 11.5. The van der Waals surface area contributed by atoms with Crippen LogP contribution in [0.5, 0.6) is 5.88 Å². The van der Waals surface area contributed by atoms with Crippen molar-refractivity contribution in [2.45, 2.75) is 44.8 Å². The number of imidazole rings is 1. The average molecular weight is 603 g/mol.